The van der Waals surface area contributed by atoms with Gasteiger partial charge in [-0.25, -0.2) is 10.4 Å². The Morgan fingerprint density at radius 3 is 2.14 bits per heavy atom. The maximum atomic E-state index is 11.8. The minimum Gasteiger partial charge on any atom is -0.273 e. The lowest BCUT2D eigenvalue weighted by molar-refractivity contribution is -0.143. The Labute approximate surface area is 81.9 Å². The first-order valence-electron chi connectivity index (χ1n) is 4.97. The third kappa shape index (κ3) is 0.733. The summed E-state index contributed by atoms with van der Waals surface area (Å²) in [4.78, 5) is 23.7. The molecule has 4 unspecified atom stereocenters. The summed E-state index contributed by atoms with van der Waals surface area (Å²) < 4.78 is 0. The molecule has 2 fully saturated rings. The third-order valence-corrected chi connectivity index (χ3v) is 3.69. The van der Waals surface area contributed by atoms with Crippen LogP contribution < -0.4 is 5.43 Å². The average Bonchev–Trinajstić information content (AvgIpc) is 2.80. The number of hydrogen-bond donors (Lipinski definition) is 1. The molecule has 2 amide bonds. The van der Waals surface area contributed by atoms with E-state index in [1.165, 1.54) is 5.01 Å². The number of hydrazine groups is 1. The first-order chi connectivity index (χ1) is 6.74. The second kappa shape index (κ2) is 2.45. The molecule has 0 spiro atoms. The summed E-state index contributed by atoms with van der Waals surface area (Å²) in [6.45, 7) is 0. The Morgan fingerprint density at radius 1 is 1.21 bits per heavy atom. The molecule has 1 saturated heterocycles. The Balaban J connectivity index is 2.02. The Bertz CT molecular complexity index is 320. The standard InChI is InChI=1S/C10H12N2O2/c1-11-12-9(13)7-5-2-3-6(4-5)8(7)10(12)14/h2-3,5-8,11H,4H2,1H3. The van der Waals surface area contributed by atoms with Gasteiger partial charge in [0, 0.05) is 7.05 Å². The smallest absolute Gasteiger partial charge is 0.248 e. The van der Waals surface area contributed by atoms with E-state index < -0.39 is 0 Å². The lowest BCUT2D eigenvalue weighted by Crippen LogP contribution is -2.41. The van der Waals surface area contributed by atoms with Crippen LogP contribution >= 0.6 is 0 Å². The number of carbonyl (C=O) groups is 2. The van der Waals surface area contributed by atoms with Crippen LogP contribution in [0.25, 0.3) is 0 Å². The van der Waals surface area contributed by atoms with Crippen LogP contribution in [0.4, 0.5) is 0 Å². The van der Waals surface area contributed by atoms with Gasteiger partial charge in [-0.15, -0.1) is 0 Å². The quantitative estimate of drug-likeness (QED) is 0.467. The van der Waals surface area contributed by atoms with Crippen LogP contribution in [-0.4, -0.2) is 23.9 Å². The summed E-state index contributed by atoms with van der Waals surface area (Å²) in [5.41, 5.74) is 2.67. The van der Waals surface area contributed by atoms with Crippen LogP contribution in [0.15, 0.2) is 12.2 Å². The van der Waals surface area contributed by atoms with E-state index in [9.17, 15) is 9.59 Å². The maximum absolute atomic E-state index is 11.8. The van der Waals surface area contributed by atoms with Crippen LogP contribution in [0.1, 0.15) is 6.42 Å². The van der Waals surface area contributed by atoms with Gasteiger partial charge in [0.25, 0.3) is 0 Å². The summed E-state index contributed by atoms with van der Waals surface area (Å²) in [6.07, 6.45) is 5.18. The molecule has 3 aliphatic rings. The number of rotatable bonds is 1. The molecule has 14 heavy (non-hydrogen) atoms. The van der Waals surface area contributed by atoms with E-state index in [-0.39, 0.29) is 23.7 Å². The van der Waals surface area contributed by atoms with E-state index in [2.05, 4.69) is 17.6 Å². The highest BCUT2D eigenvalue weighted by Gasteiger charge is 2.59. The predicted molar refractivity (Wildman–Crippen MR) is 48.6 cm³/mol. The predicted octanol–water partition coefficient (Wildman–Crippen LogP) is -0.0721. The summed E-state index contributed by atoms with van der Waals surface area (Å²) in [7, 11) is 1.62. The number of amides is 2. The molecule has 0 aromatic carbocycles. The van der Waals surface area contributed by atoms with Crippen LogP contribution in [0.3, 0.4) is 0 Å². The van der Waals surface area contributed by atoms with Gasteiger partial charge in [0.1, 0.15) is 0 Å². The van der Waals surface area contributed by atoms with Crippen LogP contribution in [0.5, 0.6) is 0 Å². The van der Waals surface area contributed by atoms with Gasteiger partial charge in [-0.1, -0.05) is 12.2 Å². The van der Waals surface area contributed by atoms with Crippen LogP contribution in [-0.2, 0) is 9.59 Å². The van der Waals surface area contributed by atoms with E-state index in [1.54, 1.807) is 7.05 Å². The molecule has 4 heteroatoms. The van der Waals surface area contributed by atoms with Gasteiger partial charge < -0.3 is 0 Å². The van der Waals surface area contributed by atoms with Gasteiger partial charge in [-0.3, -0.25) is 9.59 Å². The van der Waals surface area contributed by atoms with Gasteiger partial charge in [0.15, 0.2) is 0 Å². The van der Waals surface area contributed by atoms with E-state index in [0.29, 0.717) is 11.8 Å². The molecular weight excluding hydrogens is 180 g/mol. The first-order valence-corrected chi connectivity index (χ1v) is 4.97. The average molecular weight is 192 g/mol. The lowest BCUT2D eigenvalue weighted by atomic mass is 9.85. The number of fused-ring (bicyclic) bond motifs is 5. The van der Waals surface area contributed by atoms with Crippen molar-refractivity contribution in [3.63, 3.8) is 0 Å². The molecule has 2 aliphatic carbocycles. The molecule has 1 aliphatic heterocycles. The summed E-state index contributed by atoms with van der Waals surface area (Å²) in [6, 6.07) is 0. The monoisotopic (exact) mass is 192 g/mol. The molecule has 0 aromatic rings. The molecule has 0 aromatic heterocycles. The summed E-state index contributed by atoms with van der Waals surface area (Å²) >= 11 is 0. The van der Waals surface area contributed by atoms with E-state index >= 15 is 0 Å². The van der Waals surface area contributed by atoms with E-state index in [4.69, 9.17) is 0 Å². The summed E-state index contributed by atoms with van der Waals surface area (Å²) in [5, 5.41) is 1.18. The Kier molecular flexibility index (Phi) is 1.43. The van der Waals surface area contributed by atoms with Crippen LogP contribution in [0, 0.1) is 23.7 Å². The second-order valence-corrected chi connectivity index (χ2v) is 4.24. The van der Waals surface area contributed by atoms with Gasteiger partial charge in [-0.2, -0.15) is 0 Å². The number of imide groups is 1. The highest BCUT2D eigenvalue weighted by molar-refractivity contribution is 6.05. The van der Waals surface area contributed by atoms with Crippen molar-refractivity contribution < 1.29 is 9.59 Å². The van der Waals surface area contributed by atoms with Crippen molar-refractivity contribution in [3.8, 4) is 0 Å². The van der Waals surface area contributed by atoms with Crippen molar-refractivity contribution in [2.24, 2.45) is 23.7 Å². The number of hydrogen-bond acceptors (Lipinski definition) is 3. The molecule has 1 N–H and O–H groups in total. The number of nitrogens with zero attached hydrogens (tertiary/aromatic N) is 1. The van der Waals surface area contributed by atoms with Gasteiger partial charge in [0.05, 0.1) is 11.8 Å². The Morgan fingerprint density at radius 2 is 1.71 bits per heavy atom. The first kappa shape index (κ1) is 8.17. The van der Waals surface area contributed by atoms with Gasteiger partial charge in [-0.05, 0) is 18.3 Å². The summed E-state index contributed by atoms with van der Waals surface area (Å²) in [5.74, 6) is 0.369. The van der Waals surface area contributed by atoms with Crippen molar-refractivity contribution in [2.75, 3.05) is 7.05 Å². The molecular formula is C10H12N2O2. The van der Waals surface area contributed by atoms with Crippen molar-refractivity contribution in [2.45, 2.75) is 6.42 Å². The SMILES string of the molecule is CNN1C(=O)C2C3C=CC(C3)C2C1=O. The fourth-order valence-corrected chi connectivity index (χ4v) is 3.12. The molecule has 1 saturated carbocycles. The number of nitrogens with one attached hydrogen (secondary N) is 1. The fraction of sp³-hybridized carbons (Fsp3) is 0.600. The van der Waals surface area contributed by atoms with Crippen molar-refractivity contribution in [3.05, 3.63) is 12.2 Å². The molecule has 0 radical (unpaired) electrons. The molecule has 4 atom stereocenters. The van der Waals surface area contributed by atoms with Crippen LogP contribution in [0.2, 0.25) is 0 Å². The van der Waals surface area contributed by atoms with E-state index in [0.717, 1.165) is 6.42 Å². The van der Waals surface area contributed by atoms with E-state index in [1.807, 2.05) is 0 Å². The maximum Gasteiger partial charge on any atom is 0.248 e. The zero-order valence-corrected chi connectivity index (χ0v) is 7.93. The lowest BCUT2D eigenvalue weighted by Gasteiger charge is -2.14. The Hall–Kier alpha value is -1.16. The normalized spacial score (nSPS) is 43.9. The third-order valence-electron chi connectivity index (χ3n) is 3.69. The minimum atomic E-state index is -0.0788. The molecule has 2 bridgehead atoms. The van der Waals surface area contributed by atoms with Crippen molar-refractivity contribution in [1.29, 1.82) is 0 Å². The minimum absolute atomic E-state index is 0.0423. The zero-order valence-electron chi connectivity index (χ0n) is 7.93. The van der Waals surface area contributed by atoms with Gasteiger partial charge >= 0.3 is 0 Å². The molecule has 1 heterocycles. The van der Waals surface area contributed by atoms with Gasteiger partial charge in [0.2, 0.25) is 11.8 Å². The second-order valence-electron chi connectivity index (χ2n) is 4.24. The number of allylic oxidation sites excluding steroid dienone is 2. The zero-order chi connectivity index (χ0) is 9.87. The molecule has 74 valence electrons. The largest absolute Gasteiger partial charge is 0.273 e. The molecule has 4 nitrogen and oxygen atoms in total. The fourth-order valence-electron chi connectivity index (χ4n) is 3.12. The number of carbonyl (C=O) groups excluding carboxylic acids is 2. The van der Waals surface area contributed by atoms with Crippen molar-refractivity contribution in [1.82, 2.24) is 10.4 Å². The molecule has 3 rings (SSSR count). The van der Waals surface area contributed by atoms with Crippen molar-refractivity contribution >= 4 is 11.8 Å². The highest BCUT2D eigenvalue weighted by Crippen LogP contribution is 2.51. The highest BCUT2D eigenvalue weighted by atomic mass is 16.2. The topological polar surface area (TPSA) is 49.4 Å².